The number of nitrogens with zero attached hydrogens (tertiary/aromatic N) is 2. The molecule has 0 saturated carbocycles. The number of allylic oxidation sites excluding steroid dienone is 1. The Hall–Kier alpha value is -0.800. The molecule has 0 aliphatic heterocycles. The molecule has 0 aliphatic rings. The summed E-state index contributed by atoms with van der Waals surface area (Å²) in [4.78, 5) is 10.0. The van der Waals surface area contributed by atoms with Crippen LogP contribution < -0.4 is 0 Å². The SMILES string of the molecule is Cc1cc(C)n(/C=C/C(=O)C(Cl)Cl)n1. The third-order valence-electron chi connectivity index (χ3n) is 1.64. The van der Waals surface area contributed by atoms with Gasteiger partial charge in [0.15, 0.2) is 10.6 Å². The van der Waals surface area contributed by atoms with E-state index in [9.17, 15) is 4.79 Å². The van der Waals surface area contributed by atoms with Crippen LogP contribution in [-0.2, 0) is 4.79 Å². The van der Waals surface area contributed by atoms with Crippen LogP contribution in [0.15, 0.2) is 12.1 Å². The van der Waals surface area contributed by atoms with Gasteiger partial charge < -0.3 is 0 Å². The molecule has 0 atom stereocenters. The minimum Gasteiger partial charge on any atom is -0.292 e. The van der Waals surface area contributed by atoms with Crippen LogP contribution in [-0.4, -0.2) is 20.4 Å². The van der Waals surface area contributed by atoms with Gasteiger partial charge in [-0.2, -0.15) is 5.10 Å². The summed E-state index contributed by atoms with van der Waals surface area (Å²) < 4.78 is 1.60. The Balaban J connectivity index is 2.78. The molecule has 0 N–H and O–H groups in total. The Morgan fingerprint density at radius 3 is 2.64 bits per heavy atom. The zero-order valence-electron chi connectivity index (χ0n) is 7.87. The highest BCUT2D eigenvalue weighted by molar-refractivity contribution is 6.54. The molecular formula is C9H10Cl2N2O. The minimum atomic E-state index is -1.01. The van der Waals surface area contributed by atoms with Crippen LogP contribution in [0.2, 0.25) is 0 Å². The van der Waals surface area contributed by atoms with E-state index < -0.39 is 4.84 Å². The molecule has 0 bridgehead atoms. The van der Waals surface area contributed by atoms with E-state index in [0.717, 1.165) is 11.4 Å². The molecule has 0 saturated heterocycles. The normalized spacial score (nSPS) is 11.5. The molecule has 1 aromatic rings. The molecule has 5 heteroatoms. The number of carbonyl (C=O) groups is 1. The largest absolute Gasteiger partial charge is 0.292 e. The highest BCUT2D eigenvalue weighted by Gasteiger charge is 2.07. The second kappa shape index (κ2) is 4.62. The van der Waals surface area contributed by atoms with E-state index in [0.29, 0.717) is 0 Å². The van der Waals surface area contributed by atoms with Crippen LogP contribution in [0.5, 0.6) is 0 Å². The number of rotatable bonds is 3. The monoisotopic (exact) mass is 232 g/mol. The number of hydrogen-bond acceptors (Lipinski definition) is 2. The molecule has 3 nitrogen and oxygen atoms in total. The van der Waals surface area contributed by atoms with Crippen molar-refractivity contribution >= 4 is 35.2 Å². The molecule has 0 aromatic carbocycles. The molecule has 1 rings (SSSR count). The first-order chi connectivity index (χ1) is 6.50. The van der Waals surface area contributed by atoms with Crippen molar-refractivity contribution in [3.8, 4) is 0 Å². The first-order valence-corrected chi connectivity index (χ1v) is 4.91. The van der Waals surface area contributed by atoms with E-state index in [2.05, 4.69) is 5.10 Å². The van der Waals surface area contributed by atoms with Crippen molar-refractivity contribution < 1.29 is 4.79 Å². The molecule has 0 radical (unpaired) electrons. The lowest BCUT2D eigenvalue weighted by atomic mass is 10.4. The number of aryl methyl sites for hydroxylation is 2. The first kappa shape index (κ1) is 11.3. The van der Waals surface area contributed by atoms with Crippen molar-refractivity contribution in [1.82, 2.24) is 9.78 Å². The van der Waals surface area contributed by atoms with Crippen molar-refractivity contribution in [3.05, 3.63) is 23.5 Å². The van der Waals surface area contributed by atoms with Gasteiger partial charge in [0.1, 0.15) is 0 Å². The molecule has 76 valence electrons. The van der Waals surface area contributed by atoms with E-state index in [-0.39, 0.29) is 5.78 Å². The fourth-order valence-corrected chi connectivity index (χ4v) is 1.16. The van der Waals surface area contributed by atoms with Crippen LogP contribution in [0.4, 0.5) is 0 Å². The summed E-state index contributed by atoms with van der Waals surface area (Å²) in [5.74, 6) is -0.346. The Bertz CT molecular complexity index is 369. The van der Waals surface area contributed by atoms with Gasteiger partial charge in [-0.25, -0.2) is 4.68 Å². The summed E-state index contributed by atoms with van der Waals surface area (Å²) in [5, 5.41) is 4.13. The number of alkyl halides is 2. The van der Waals surface area contributed by atoms with Gasteiger partial charge in [-0.3, -0.25) is 4.79 Å². The molecule has 0 amide bonds. The second-order valence-corrected chi connectivity index (χ2v) is 3.99. The lowest BCUT2D eigenvalue weighted by Crippen LogP contribution is -2.04. The maximum atomic E-state index is 11.0. The maximum absolute atomic E-state index is 11.0. The minimum absolute atomic E-state index is 0.346. The van der Waals surface area contributed by atoms with Crippen LogP contribution in [0.3, 0.4) is 0 Å². The summed E-state index contributed by atoms with van der Waals surface area (Å²) >= 11 is 10.7. The molecule has 0 unspecified atom stereocenters. The average Bonchev–Trinajstić information content (AvgIpc) is 2.40. The lowest BCUT2D eigenvalue weighted by Gasteiger charge is -1.95. The Kier molecular flexibility index (Phi) is 3.72. The maximum Gasteiger partial charge on any atom is 0.190 e. The van der Waals surface area contributed by atoms with Crippen molar-refractivity contribution in [2.75, 3.05) is 0 Å². The summed E-state index contributed by atoms with van der Waals surface area (Å²) in [6.07, 6.45) is 2.85. The predicted molar refractivity (Wildman–Crippen MR) is 57.5 cm³/mol. The molecule has 0 spiro atoms. The average molecular weight is 233 g/mol. The molecule has 1 aromatic heterocycles. The Morgan fingerprint density at radius 1 is 1.57 bits per heavy atom. The first-order valence-electron chi connectivity index (χ1n) is 4.03. The Morgan fingerprint density at radius 2 is 2.21 bits per heavy atom. The highest BCUT2D eigenvalue weighted by atomic mass is 35.5. The zero-order valence-corrected chi connectivity index (χ0v) is 9.38. The van der Waals surface area contributed by atoms with Gasteiger partial charge in [-0.1, -0.05) is 23.2 Å². The summed E-state index contributed by atoms with van der Waals surface area (Å²) in [6.45, 7) is 3.78. The molecule has 1 heterocycles. The van der Waals surface area contributed by atoms with Gasteiger partial charge in [-0.15, -0.1) is 0 Å². The third-order valence-corrected chi connectivity index (χ3v) is 2.07. The van der Waals surface area contributed by atoms with Gasteiger partial charge in [0, 0.05) is 18.0 Å². The van der Waals surface area contributed by atoms with Crippen LogP contribution in [0, 0.1) is 13.8 Å². The van der Waals surface area contributed by atoms with E-state index in [4.69, 9.17) is 23.2 Å². The number of halogens is 2. The topological polar surface area (TPSA) is 34.9 Å². The van der Waals surface area contributed by atoms with Gasteiger partial charge in [0.2, 0.25) is 0 Å². The summed E-state index contributed by atoms with van der Waals surface area (Å²) in [6, 6.07) is 1.91. The van der Waals surface area contributed by atoms with E-state index in [1.54, 1.807) is 10.9 Å². The van der Waals surface area contributed by atoms with Gasteiger partial charge >= 0.3 is 0 Å². The van der Waals surface area contributed by atoms with Crippen molar-refractivity contribution in [3.63, 3.8) is 0 Å². The lowest BCUT2D eigenvalue weighted by molar-refractivity contribution is -0.113. The fraction of sp³-hybridized carbons (Fsp3) is 0.333. The molecule has 0 aliphatic carbocycles. The standard InChI is InChI=1S/C9H10Cl2N2O/c1-6-5-7(2)13(12-6)4-3-8(14)9(10)11/h3-5,9H,1-2H3/b4-3+. The fourth-order valence-electron chi connectivity index (χ4n) is 1.01. The van der Waals surface area contributed by atoms with E-state index >= 15 is 0 Å². The quantitative estimate of drug-likeness (QED) is 0.593. The highest BCUT2D eigenvalue weighted by Crippen LogP contribution is 2.06. The zero-order chi connectivity index (χ0) is 10.7. The second-order valence-electron chi connectivity index (χ2n) is 2.89. The van der Waals surface area contributed by atoms with E-state index in [1.807, 2.05) is 19.9 Å². The molecule has 14 heavy (non-hydrogen) atoms. The number of ketones is 1. The Labute approximate surface area is 92.3 Å². The summed E-state index contributed by atoms with van der Waals surface area (Å²) in [7, 11) is 0. The van der Waals surface area contributed by atoms with Crippen LogP contribution in [0.25, 0.3) is 6.20 Å². The van der Waals surface area contributed by atoms with Crippen LogP contribution in [0.1, 0.15) is 11.4 Å². The van der Waals surface area contributed by atoms with Gasteiger partial charge in [-0.05, 0) is 19.9 Å². The number of aromatic nitrogens is 2. The molecule has 0 fully saturated rings. The third kappa shape index (κ3) is 2.86. The number of carbonyl (C=O) groups excluding carboxylic acids is 1. The van der Waals surface area contributed by atoms with Gasteiger partial charge in [0.25, 0.3) is 0 Å². The van der Waals surface area contributed by atoms with Crippen LogP contribution >= 0.6 is 23.2 Å². The van der Waals surface area contributed by atoms with Crippen molar-refractivity contribution in [2.45, 2.75) is 18.7 Å². The number of hydrogen-bond donors (Lipinski definition) is 0. The van der Waals surface area contributed by atoms with E-state index in [1.165, 1.54) is 6.08 Å². The predicted octanol–water partition coefficient (Wildman–Crippen LogP) is 2.34. The smallest absolute Gasteiger partial charge is 0.190 e. The van der Waals surface area contributed by atoms with Crippen molar-refractivity contribution in [2.24, 2.45) is 0 Å². The molecular weight excluding hydrogens is 223 g/mol. The van der Waals surface area contributed by atoms with Crippen molar-refractivity contribution in [1.29, 1.82) is 0 Å². The van der Waals surface area contributed by atoms with Gasteiger partial charge in [0.05, 0.1) is 5.69 Å². The summed E-state index contributed by atoms with van der Waals surface area (Å²) in [5.41, 5.74) is 1.85.